The average Bonchev–Trinajstić information content (AvgIpc) is 2.96. The van der Waals surface area contributed by atoms with Crippen molar-refractivity contribution in [3.05, 3.63) is 47.3 Å². The Balaban J connectivity index is 1.78. The summed E-state index contributed by atoms with van der Waals surface area (Å²) >= 11 is 1.72. The monoisotopic (exact) mass is 372 g/mol. The molecule has 0 saturated carbocycles. The van der Waals surface area contributed by atoms with E-state index in [4.69, 9.17) is 0 Å². The van der Waals surface area contributed by atoms with Crippen LogP contribution in [0.15, 0.2) is 35.2 Å². The topological polar surface area (TPSA) is 45.5 Å². The quantitative estimate of drug-likeness (QED) is 0.620. The predicted octanol–water partition coefficient (Wildman–Crippen LogP) is 3.70. The van der Waals surface area contributed by atoms with Gasteiger partial charge in [0.1, 0.15) is 0 Å². The minimum absolute atomic E-state index is 0.188. The van der Waals surface area contributed by atoms with Gasteiger partial charge in [0.05, 0.1) is 6.54 Å². The lowest BCUT2D eigenvalue weighted by Gasteiger charge is -2.30. The average molecular weight is 373 g/mol. The molecule has 4 nitrogen and oxygen atoms in total. The summed E-state index contributed by atoms with van der Waals surface area (Å²) in [4.78, 5) is 16.3. The van der Waals surface area contributed by atoms with Crippen molar-refractivity contribution in [1.29, 1.82) is 0 Å². The first-order valence-electron chi connectivity index (χ1n) is 9.23. The van der Waals surface area contributed by atoms with Crippen molar-refractivity contribution in [2.45, 2.75) is 31.6 Å². The number of carbonyl (C=O) groups is 1. The number of carbonyl (C=O) groups excluding carboxylic acids is 1. The van der Waals surface area contributed by atoms with E-state index in [9.17, 15) is 9.90 Å². The van der Waals surface area contributed by atoms with Gasteiger partial charge in [0.2, 0.25) is 0 Å². The number of piperidine rings is 1. The second-order valence-corrected chi connectivity index (χ2v) is 8.03. The number of hydrogen-bond donors (Lipinski definition) is 1. The summed E-state index contributed by atoms with van der Waals surface area (Å²) in [6, 6.07) is 10.4. The van der Waals surface area contributed by atoms with Crippen LogP contribution in [-0.2, 0) is 0 Å². The summed E-state index contributed by atoms with van der Waals surface area (Å²) in [7, 11) is 0. The molecule has 5 heteroatoms. The molecule has 26 heavy (non-hydrogen) atoms. The highest BCUT2D eigenvalue weighted by atomic mass is 32.2. The molecule has 0 aliphatic carbocycles. The summed E-state index contributed by atoms with van der Waals surface area (Å²) in [5, 5.41) is 9.26. The van der Waals surface area contributed by atoms with Crippen LogP contribution < -0.4 is 0 Å². The van der Waals surface area contributed by atoms with E-state index >= 15 is 0 Å². The number of aliphatic hydroxyl groups is 1. The Morgan fingerprint density at radius 1 is 1.23 bits per heavy atom. The van der Waals surface area contributed by atoms with Gasteiger partial charge in [-0.3, -0.25) is 9.69 Å². The van der Waals surface area contributed by atoms with Gasteiger partial charge in [-0.1, -0.05) is 6.07 Å². The van der Waals surface area contributed by atoms with Gasteiger partial charge < -0.3 is 9.67 Å². The maximum absolute atomic E-state index is 12.9. The summed E-state index contributed by atoms with van der Waals surface area (Å²) in [5.74, 6) is 0.586. The third-order valence-electron chi connectivity index (χ3n) is 5.38. The maximum Gasteiger partial charge on any atom is 0.178 e. The molecule has 1 aromatic carbocycles. The van der Waals surface area contributed by atoms with Gasteiger partial charge in [0, 0.05) is 34.1 Å². The third-order valence-corrected chi connectivity index (χ3v) is 6.10. The van der Waals surface area contributed by atoms with Crippen molar-refractivity contribution in [3.8, 4) is 5.69 Å². The Kier molecular flexibility index (Phi) is 6.22. The Bertz CT molecular complexity index is 776. The second-order valence-electron chi connectivity index (χ2n) is 7.15. The number of Topliss-reactive ketones (excluding diaryl/α,β-unsaturated/α-hetero) is 1. The van der Waals surface area contributed by atoms with E-state index in [0.29, 0.717) is 12.5 Å². The number of hydrogen-bond acceptors (Lipinski definition) is 4. The first kappa shape index (κ1) is 19.2. The van der Waals surface area contributed by atoms with Gasteiger partial charge in [-0.2, -0.15) is 0 Å². The van der Waals surface area contributed by atoms with E-state index < -0.39 is 0 Å². The Hall–Kier alpha value is -1.56. The molecule has 3 rings (SSSR count). The highest BCUT2D eigenvalue weighted by Crippen LogP contribution is 2.25. The zero-order valence-corrected chi connectivity index (χ0v) is 16.7. The number of nitrogens with zero attached hydrogens (tertiary/aromatic N) is 2. The van der Waals surface area contributed by atoms with E-state index in [1.807, 2.05) is 13.0 Å². The molecule has 140 valence electrons. The first-order chi connectivity index (χ1) is 12.5. The fourth-order valence-corrected chi connectivity index (χ4v) is 4.26. The van der Waals surface area contributed by atoms with Crippen LogP contribution in [0.1, 0.15) is 34.6 Å². The van der Waals surface area contributed by atoms with E-state index in [2.05, 4.69) is 46.9 Å². The van der Waals surface area contributed by atoms with Crippen LogP contribution in [0.4, 0.5) is 0 Å². The molecule has 1 aliphatic heterocycles. The zero-order valence-electron chi connectivity index (χ0n) is 15.9. The predicted molar refractivity (Wildman–Crippen MR) is 108 cm³/mol. The summed E-state index contributed by atoms with van der Waals surface area (Å²) in [5.41, 5.74) is 4.02. The number of aromatic nitrogens is 1. The van der Waals surface area contributed by atoms with Gasteiger partial charge >= 0.3 is 0 Å². The molecule has 0 spiro atoms. The normalized spacial score (nSPS) is 16.2. The lowest BCUT2D eigenvalue weighted by Crippen LogP contribution is -2.38. The van der Waals surface area contributed by atoms with E-state index in [0.717, 1.165) is 48.6 Å². The largest absolute Gasteiger partial charge is 0.396 e. The lowest BCUT2D eigenvalue weighted by atomic mass is 9.97. The molecule has 1 fully saturated rings. The molecule has 0 atom stereocenters. The second kappa shape index (κ2) is 8.42. The van der Waals surface area contributed by atoms with Crippen LogP contribution in [0.2, 0.25) is 0 Å². The molecular weight excluding hydrogens is 344 g/mol. The number of ketones is 1. The first-order valence-corrected chi connectivity index (χ1v) is 10.5. The van der Waals surface area contributed by atoms with Crippen LogP contribution in [0.3, 0.4) is 0 Å². The standard InChI is InChI=1S/C21H28N2O2S/c1-15-11-20(21(25)13-22-9-7-17(14-24)8-10-22)16(2)23(15)18-5-4-6-19(12-18)26-3/h4-6,11-12,17,24H,7-10,13-14H2,1-3H3. The van der Waals surface area contributed by atoms with Gasteiger partial charge in [0.25, 0.3) is 0 Å². The van der Waals surface area contributed by atoms with Crippen LogP contribution in [0.5, 0.6) is 0 Å². The van der Waals surface area contributed by atoms with Crippen molar-refractivity contribution in [3.63, 3.8) is 0 Å². The molecule has 0 bridgehead atoms. The molecule has 2 aromatic rings. The number of rotatable bonds is 6. The van der Waals surface area contributed by atoms with Gasteiger partial charge in [-0.25, -0.2) is 0 Å². The minimum atomic E-state index is 0.188. The van der Waals surface area contributed by atoms with Crippen molar-refractivity contribution in [1.82, 2.24) is 9.47 Å². The number of aliphatic hydroxyl groups excluding tert-OH is 1. The SMILES string of the molecule is CSc1cccc(-n2c(C)cc(C(=O)CN3CCC(CO)CC3)c2C)c1. The molecule has 0 radical (unpaired) electrons. The highest BCUT2D eigenvalue weighted by molar-refractivity contribution is 7.98. The van der Waals surface area contributed by atoms with Crippen LogP contribution in [0, 0.1) is 19.8 Å². The zero-order chi connectivity index (χ0) is 18.7. The summed E-state index contributed by atoms with van der Waals surface area (Å²) < 4.78 is 2.17. The van der Waals surface area contributed by atoms with Gasteiger partial charge in [-0.15, -0.1) is 11.8 Å². The molecule has 1 N–H and O–H groups in total. The van der Waals surface area contributed by atoms with Crippen molar-refractivity contribution >= 4 is 17.5 Å². The fourth-order valence-electron chi connectivity index (χ4n) is 3.81. The molecule has 1 aliphatic rings. The highest BCUT2D eigenvalue weighted by Gasteiger charge is 2.23. The lowest BCUT2D eigenvalue weighted by molar-refractivity contribution is 0.0863. The van der Waals surface area contributed by atoms with Crippen LogP contribution in [-0.4, -0.2) is 52.9 Å². The van der Waals surface area contributed by atoms with E-state index in [1.54, 1.807) is 11.8 Å². The minimum Gasteiger partial charge on any atom is -0.396 e. The molecule has 0 amide bonds. The van der Waals surface area contributed by atoms with E-state index in [-0.39, 0.29) is 12.4 Å². The van der Waals surface area contributed by atoms with Crippen molar-refractivity contribution in [2.75, 3.05) is 32.5 Å². The maximum atomic E-state index is 12.9. The number of benzene rings is 1. The van der Waals surface area contributed by atoms with Crippen LogP contribution in [0.25, 0.3) is 5.69 Å². The van der Waals surface area contributed by atoms with Gasteiger partial charge in [-0.05, 0) is 76.2 Å². The Morgan fingerprint density at radius 3 is 2.62 bits per heavy atom. The van der Waals surface area contributed by atoms with Crippen molar-refractivity contribution in [2.24, 2.45) is 5.92 Å². The Morgan fingerprint density at radius 2 is 1.96 bits per heavy atom. The Labute approximate surface area is 160 Å². The number of aryl methyl sites for hydroxylation is 1. The third kappa shape index (κ3) is 4.05. The molecule has 1 aromatic heterocycles. The molecule has 0 unspecified atom stereocenters. The fraction of sp³-hybridized carbons (Fsp3) is 0.476. The number of likely N-dealkylation sites (tertiary alicyclic amines) is 1. The van der Waals surface area contributed by atoms with Crippen molar-refractivity contribution < 1.29 is 9.90 Å². The summed E-state index contributed by atoms with van der Waals surface area (Å²) in [6.07, 6.45) is 4.03. The molecular formula is C21H28N2O2S. The molecule has 2 heterocycles. The summed E-state index contributed by atoms with van der Waals surface area (Å²) in [6.45, 7) is 6.61. The van der Waals surface area contributed by atoms with Gasteiger partial charge in [0.15, 0.2) is 5.78 Å². The number of thioether (sulfide) groups is 1. The molecule has 1 saturated heterocycles. The smallest absolute Gasteiger partial charge is 0.178 e. The van der Waals surface area contributed by atoms with Crippen LogP contribution >= 0.6 is 11.8 Å². The van der Waals surface area contributed by atoms with E-state index in [1.165, 1.54) is 4.90 Å².